The quantitative estimate of drug-likeness (QED) is 0.881. The van der Waals surface area contributed by atoms with Crippen LogP contribution < -0.4 is 5.32 Å². The lowest BCUT2D eigenvalue weighted by Crippen LogP contribution is -2.13. The molecule has 0 bridgehead atoms. The molecule has 0 radical (unpaired) electrons. The predicted molar refractivity (Wildman–Crippen MR) is 76.3 cm³/mol. The molecule has 2 rings (SSSR count). The lowest BCUT2D eigenvalue weighted by Gasteiger charge is -2.05. The average molecular weight is 295 g/mol. The van der Waals surface area contributed by atoms with Crippen LogP contribution in [0.2, 0.25) is 5.02 Å². The normalized spacial score (nSPS) is 10.3. The Kier molecular flexibility index (Phi) is 3.97. The third-order valence-corrected chi connectivity index (χ3v) is 3.52. The van der Waals surface area contributed by atoms with Crippen molar-refractivity contribution in [3.8, 4) is 0 Å². The number of aromatic nitrogens is 1. The molecule has 0 unspecified atom stereocenters. The largest absolute Gasteiger partial charge is 0.298 e. The second-order valence-corrected chi connectivity index (χ2v) is 5.30. The van der Waals surface area contributed by atoms with Crippen LogP contribution in [-0.4, -0.2) is 16.7 Å². The van der Waals surface area contributed by atoms with Crippen molar-refractivity contribution in [1.82, 2.24) is 4.98 Å². The van der Waals surface area contributed by atoms with E-state index in [-0.39, 0.29) is 11.7 Å². The van der Waals surface area contributed by atoms with Crippen LogP contribution in [0, 0.1) is 6.92 Å². The van der Waals surface area contributed by atoms with E-state index >= 15 is 0 Å². The fourth-order valence-corrected chi connectivity index (χ4v) is 2.41. The SMILES string of the molecule is CC(=O)c1csc(NC(=O)c2cc(Cl)ccc2C)n1. The minimum atomic E-state index is -0.288. The van der Waals surface area contributed by atoms with Crippen molar-refractivity contribution in [3.63, 3.8) is 0 Å². The number of hydrogen-bond acceptors (Lipinski definition) is 4. The number of nitrogens with one attached hydrogen (secondary N) is 1. The van der Waals surface area contributed by atoms with E-state index in [1.807, 2.05) is 6.92 Å². The smallest absolute Gasteiger partial charge is 0.257 e. The first-order valence-corrected chi connectivity index (χ1v) is 6.77. The standard InChI is InChI=1S/C13H11ClN2O2S/c1-7-3-4-9(14)5-10(7)12(18)16-13-15-11(6-19-13)8(2)17/h3-6H,1-2H3,(H,15,16,18). The van der Waals surface area contributed by atoms with Crippen LogP contribution in [0.15, 0.2) is 23.6 Å². The molecule has 1 aromatic heterocycles. The molecule has 0 fully saturated rings. The zero-order valence-electron chi connectivity index (χ0n) is 10.4. The second-order valence-electron chi connectivity index (χ2n) is 4.01. The summed E-state index contributed by atoms with van der Waals surface area (Å²) in [6.45, 7) is 3.26. The molecule has 0 spiro atoms. The van der Waals surface area contributed by atoms with E-state index in [9.17, 15) is 9.59 Å². The molecule has 1 amide bonds. The number of thiazole rings is 1. The van der Waals surface area contributed by atoms with E-state index in [1.54, 1.807) is 23.6 Å². The molecule has 2 aromatic rings. The van der Waals surface area contributed by atoms with Crippen molar-refractivity contribution in [2.45, 2.75) is 13.8 Å². The predicted octanol–water partition coefficient (Wildman–Crippen LogP) is 3.56. The summed E-state index contributed by atoms with van der Waals surface area (Å²) in [6.07, 6.45) is 0. The van der Waals surface area contributed by atoms with Gasteiger partial charge in [-0.1, -0.05) is 17.7 Å². The van der Waals surface area contributed by atoms with E-state index in [0.717, 1.165) is 5.56 Å². The zero-order chi connectivity index (χ0) is 14.0. The van der Waals surface area contributed by atoms with E-state index in [1.165, 1.54) is 18.3 Å². The summed E-state index contributed by atoms with van der Waals surface area (Å²) < 4.78 is 0. The van der Waals surface area contributed by atoms with Gasteiger partial charge in [0.15, 0.2) is 10.9 Å². The molecule has 1 N–H and O–H groups in total. The summed E-state index contributed by atoms with van der Waals surface area (Å²) in [5.74, 6) is -0.417. The van der Waals surface area contributed by atoms with Crippen molar-refractivity contribution < 1.29 is 9.59 Å². The lowest BCUT2D eigenvalue weighted by molar-refractivity contribution is 0.100. The van der Waals surface area contributed by atoms with Gasteiger partial charge in [0.1, 0.15) is 5.69 Å². The highest BCUT2D eigenvalue weighted by atomic mass is 35.5. The van der Waals surface area contributed by atoms with Crippen LogP contribution in [0.3, 0.4) is 0 Å². The Balaban J connectivity index is 2.20. The molecule has 1 aromatic carbocycles. The van der Waals surface area contributed by atoms with Crippen molar-refractivity contribution in [1.29, 1.82) is 0 Å². The van der Waals surface area contributed by atoms with Gasteiger partial charge in [-0.05, 0) is 24.6 Å². The molecule has 19 heavy (non-hydrogen) atoms. The first-order valence-electron chi connectivity index (χ1n) is 5.51. The Morgan fingerprint density at radius 2 is 2.11 bits per heavy atom. The van der Waals surface area contributed by atoms with Crippen molar-refractivity contribution in [2.24, 2.45) is 0 Å². The second kappa shape index (κ2) is 5.50. The van der Waals surface area contributed by atoms with Crippen LogP contribution >= 0.6 is 22.9 Å². The third kappa shape index (κ3) is 3.19. The third-order valence-electron chi connectivity index (χ3n) is 2.53. The Morgan fingerprint density at radius 3 is 2.74 bits per heavy atom. The monoisotopic (exact) mass is 294 g/mol. The Bertz CT molecular complexity index is 652. The summed E-state index contributed by atoms with van der Waals surface area (Å²) in [5.41, 5.74) is 1.67. The minimum Gasteiger partial charge on any atom is -0.298 e. The number of halogens is 1. The zero-order valence-corrected chi connectivity index (χ0v) is 11.9. The molecule has 0 saturated heterocycles. The van der Waals surface area contributed by atoms with E-state index in [2.05, 4.69) is 10.3 Å². The lowest BCUT2D eigenvalue weighted by atomic mass is 10.1. The number of benzene rings is 1. The number of hydrogen-bond donors (Lipinski definition) is 1. The van der Waals surface area contributed by atoms with Crippen LogP contribution in [0.4, 0.5) is 5.13 Å². The van der Waals surface area contributed by atoms with Gasteiger partial charge in [0.05, 0.1) is 0 Å². The highest BCUT2D eigenvalue weighted by molar-refractivity contribution is 7.14. The molecule has 0 aliphatic carbocycles. The van der Waals surface area contributed by atoms with Crippen molar-refractivity contribution in [3.05, 3.63) is 45.4 Å². The molecule has 0 aliphatic heterocycles. The Morgan fingerprint density at radius 1 is 1.37 bits per heavy atom. The van der Waals surface area contributed by atoms with Gasteiger partial charge >= 0.3 is 0 Å². The van der Waals surface area contributed by atoms with Crippen LogP contribution in [-0.2, 0) is 0 Å². The van der Waals surface area contributed by atoms with Crippen LogP contribution in [0.1, 0.15) is 33.3 Å². The Labute approximate surface area is 119 Å². The van der Waals surface area contributed by atoms with E-state index in [4.69, 9.17) is 11.6 Å². The van der Waals surface area contributed by atoms with Crippen molar-refractivity contribution >= 4 is 39.8 Å². The number of anilines is 1. The van der Waals surface area contributed by atoms with Crippen LogP contribution in [0.5, 0.6) is 0 Å². The number of rotatable bonds is 3. The highest BCUT2D eigenvalue weighted by Gasteiger charge is 2.13. The average Bonchev–Trinajstić information content (AvgIpc) is 2.80. The van der Waals surface area contributed by atoms with Gasteiger partial charge in [0.25, 0.3) is 5.91 Å². The number of nitrogens with zero attached hydrogens (tertiary/aromatic N) is 1. The van der Waals surface area contributed by atoms with Crippen molar-refractivity contribution in [2.75, 3.05) is 5.32 Å². The van der Waals surface area contributed by atoms with Gasteiger partial charge in [0.2, 0.25) is 0 Å². The molecule has 0 atom stereocenters. The summed E-state index contributed by atoms with van der Waals surface area (Å²) in [6, 6.07) is 5.11. The first-order chi connectivity index (χ1) is 8.97. The minimum absolute atomic E-state index is 0.129. The molecule has 4 nitrogen and oxygen atoms in total. The molecular weight excluding hydrogens is 284 g/mol. The fraction of sp³-hybridized carbons (Fsp3) is 0.154. The Hall–Kier alpha value is -1.72. The topological polar surface area (TPSA) is 59.1 Å². The maximum absolute atomic E-state index is 12.1. The van der Waals surface area contributed by atoms with Gasteiger partial charge in [-0.2, -0.15) is 0 Å². The van der Waals surface area contributed by atoms with Crippen LogP contribution in [0.25, 0.3) is 0 Å². The number of Topliss-reactive ketones (excluding diaryl/α,β-unsaturated/α-hetero) is 1. The molecule has 0 saturated carbocycles. The molecule has 1 heterocycles. The number of aryl methyl sites for hydroxylation is 1. The molecular formula is C13H11ClN2O2S. The summed E-state index contributed by atoms with van der Waals surface area (Å²) in [7, 11) is 0. The number of amides is 1. The maximum Gasteiger partial charge on any atom is 0.257 e. The van der Waals surface area contributed by atoms with Gasteiger partial charge in [-0.3, -0.25) is 14.9 Å². The number of ketones is 1. The molecule has 6 heteroatoms. The van der Waals surface area contributed by atoms with E-state index in [0.29, 0.717) is 21.4 Å². The van der Waals surface area contributed by atoms with Gasteiger partial charge < -0.3 is 0 Å². The summed E-state index contributed by atoms with van der Waals surface area (Å²) in [4.78, 5) is 27.2. The number of carbonyl (C=O) groups is 2. The first kappa shape index (κ1) is 13.7. The number of carbonyl (C=O) groups excluding carboxylic acids is 2. The summed E-state index contributed by atoms with van der Waals surface area (Å²) in [5, 5.41) is 5.17. The highest BCUT2D eigenvalue weighted by Crippen LogP contribution is 2.20. The summed E-state index contributed by atoms with van der Waals surface area (Å²) >= 11 is 7.09. The fourth-order valence-electron chi connectivity index (χ4n) is 1.50. The van der Waals surface area contributed by atoms with Gasteiger partial charge in [-0.15, -0.1) is 11.3 Å². The molecule has 0 aliphatic rings. The van der Waals surface area contributed by atoms with E-state index < -0.39 is 0 Å². The van der Waals surface area contributed by atoms with Gasteiger partial charge in [0, 0.05) is 22.9 Å². The van der Waals surface area contributed by atoms with Gasteiger partial charge in [-0.25, -0.2) is 4.98 Å². The molecule has 98 valence electrons. The maximum atomic E-state index is 12.1.